The Morgan fingerprint density at radius 2 is 1.64 bits per heavy atom. The van der Waals surface area contributed by atoms with Crippen LogP contribution >= 0.6 is 23.2 Å². The minimum atomic E-state index is -0.222. The monoisotopic (exact) mass is 524 g/mol. The number of nitrogens with zero attached hydrogens (tertiary/aromatic N) is 3. The van der Waals surface area contributed by atoms with E-state index in [1.165, 1.54) is 6.08 Å². The number of para-hydroxylation sites is 3. The second-order valence-electron chi connectivity index (χ2n) is 7.52. The standard InChI is InChI=1S/C19H21Cl2N5O.C7H5NO/c20-15-7-4-8-16(21)18(15)24-13-17-22-9-11-26(17)12-10-23-19(27)25-14-5-2-1-3-6-14;9-6-8-7-4-2-1-3-5-7/h1-8,24H,9-13H2,(H2,23,25,27);1-5H. The van der Waals surface area contributed by atoms with Crippen molar-refractivity contribution in [2.75, 3.05) is 43.4 Å². The number of hydrogen-bond acceptors (Lipinski definition) is 6. The van der Waals surface area contributed by atoms with Gasteiger partial charge in [0, 0.05) is 25.3 Å². The SMILES string of the molecule is O=C(NCCN1CCN=C1CNc1c(Cl)cccc1Cl)Nc1ccccc1.O=C=Nc1ccccc1. The summed E-state index contributed by atoms with van der Waals surface area (Å²) in [6.07, 6.45) is 1.46. The number of anilines is 2. The maximum absolute atomic E-state index is 11.9. The van der Waals surface area contributed by atoms with Crippen molar-refractivity contribution in [3.05, 3.63) is 88.9 Å². The first-order valence-corrected chi connectivity index (χ1v) is 12.0. The molecule has 0 bridgehead atoms. The summed E-state index contributed by atoms with van der Waals surface area (Å²) in [5, 5.41) is 10.1. The molecule has 4 rings (SSSR count). The van der Waals surface area contributed by atoms with E-state index in [0.717, 1.165) is 24.6 Å². The van der Waals surface area contributed by atoms with Crippen LogP contribution in [0.15, 0.2) is 88.8 Å². The fraction of sp³-hybridized carbons (Fsp3) is 0.192. The summed E-state index contributed by atoms with van der Waals surface area (Å²) in [6, 6.07) is 23.5. The van der Waals surface area contributed by atoms with Crippen LogP contribution in [-0.2, 0) is 4.79 Å². The molecule has 10 heteroatoms. The molecule has 0 fully saturated rings. The molecule has 1 aliphatic rings. The van der Waals surface area contributed by atoms with E-state index in [1.54, 1.807) is 30.3 Å². The van der Waals surface area contributed by atoms with Gasteiger partial charge in [-0.2, -0.15) is 4.99 Å². The molecule has 2 amide bonds. The summed E-state index contributed by atoms with van der Waals surface area (Å²) in [5.74, 6) is 0.927. The Kier molecular flexibility index (Phi) is 10.8. The first-order valence-electron chi connectivity index (χ1n) is 11.3. The van der Waals surface area contributed by atoms with Crippen LogP contribution in [0.2, 0.25) is 10.0 Å². The highest BCUT2D eigenvalue weighted by Gasteiger charge is 2.17. The van der Waals surface area contributed by atoms with E-state index in [-0.39, 0.29) is 6.03 Å². The number of hydrogen-bond donors (Lipinski definition) is 3. The zero-order valence-corrected chi connectivity index (χ0v) is 21.0. The summed E-state index contributed by atoms with van der Waals surface area (Å²) >= 11 is 12.4. The lowest BCUT2D eigenvalue weighted by Crippen LogP contribution is -2.40. The number of benzene rings is 3. The first kappa shape index (κ1) is 26.8. The molecule has 1 aliphatic heterocycles. The Morgan fingerprint density at radius 1 is 0.972 bits per heavy atom. The minimum Gasteiger partial charge on any atom is -0.375 e. The highest BCUT2D eigenvalue weighted by atomic mass is 35.5. The van der Waals surface area contributed by atoms with Crippen LogP contribution in [0.5, 0.6) is 0 Å². The Hall–Kier alpha value is -3.84. The van der Waals surface area contributed by atoms with E-state index in [1.807, 2.05) is 48.5 Å². The second-order valence-corrected chi connectivity index (χ2v) is 8.34. The van der Waals surface area contributed by atoms with Gasteiger partial charge < -0.3 is 20.9 Å². The Balaban J connectivity index is 0.000000338. The summed E-state index contributed by atoms with van der Waals surface area (Å²) in [7, 11) is 0. The molecule has 0 aromatic heterocycles. The van der Waals surface area contributed by atoms with E-state index in [4.69, 9.17) is 23.2 Å². The predicted molar refractivity (Wildman–Crippen MR) is 147 cm³/mol. The van der Waals surface area contributed by atoms with E-state index in [2.05, 4.69) is 30.8 Å². The normalized spacial score (nSPS) is 11.9. The van der Waals surface area contributed by atoms with Crippen molar-refractivity contribution in [2.45, 2.75) is 0 Å². The number of rotatable bonds is 8. The number of urea groups is 1. The maximum atomic E-state index is 11.9. The van der Waals surface area contributed by atoms with Crippen LogP contribution < -0.4 is 16.0 Å². The van der Waals surface area contributed by atoms with Gasteiger partial charge >= 0.3 is 6.03 Å². The van der Waals surface area contributed by atoms with Crippen molar-refractivity contribution in [2.24, 2.45) is 9.98 Å². The molecule has 0 aliphatic carbocycles. The van der Waals surface area contributed by atoms with Crippen molar-refractivity contribution in [1.82, 2.24) is 10.2 Å². The molecular formula is C26H26Cl2N6O2. The van der Waals surface area contributed by atoms with Crippen molar-refractivity contribution in [3.8, 4) is 0 Å². The first-order chi connectivity index (χ1) is 17.6. The third-order valence-electron chi connectivity index (χ3n) is 5.05. The Morgan fingerprint density at radius 3 is 2.31 bits per heavy atom. The smallest absolute Gasteiger partial charge is 0.319 e. The highest BCUT2D eigenvalue weighted by Crippen LogP contribution is 2.29. The fourth-order valence-electron chi connectivity index (χ4n) is 3.33. The van der Waals surface area contributed by atoms with Gasteiger partial charge in [0.1, 0.15) is 5.84 Å². The molecule has 0 radical (unpaired) electrons. The van der Waals surface area contributed by atoms with Crippen LogP contribution in [-0.4, -0.2) is 55.6 Å². The minimum absolute atomic E-state index is 0.222. The molecule has 3 aromatic carbocycles. The molecule has 36 heavy (non-hydrogen) atoms. The van der Waals surface area contributed by atoms with Gasteiger partial charge in [-0.15, -0.1) is 0 Å². The van der Waals surface area contributed by atoms with Crippen molar-refractivity contribution >= 4 is 58.2 Å². The van der Waals surface area contributed by atoms with Gasteiger partial charge in [-0.25, -0.2) is 9.59 Å². The lowest BCUT2D eigenvalue weighted by atomic mass is 10.3. The molecule has 186 valence electrons. The topological polar surface area (TPSA) is 98.2 Å². The zero-order valence-electron chi connectivity index (χ0n) is 19.5. The van der Waals surface area contributed by atoms with Crippen LogP contribution in [0, 0.1) is 0 Å². The number of amidine groups is 1. The van der Waals surface area contributed by atoms with Crippen molar-refractivity contribution < 1.29 is 9.59 Å². The molecule has 3 N–H and O–H groups in total. The fourth-order valence-corrected chi connectivity index (χ4v) is 3.86. The molecule has 0 unspecified atom stereocenters. The Labute approximate surface area is 220 Å². The molecule has 1 heterocycles. The van der Waals surface area contributed by atoms with Crippen LogP contribution in [0.1, 0.15) is 0 Å². The maximum Gasteiger partial charge on any atom is 0.319 e. The summed E-state index contributed by atoms with van der Waals surface area (Å²) in [5.41, 5.74) is 2.11. The molecule has 0 saturated heterocycles. The van der Waals surface area contributed by atoms with Crippen LogP contribution in [0.4, 0.5) is 21.9 Å². The average molecular weight is 525 g/mol. The van der Waals surface area contributed by atoms with E-state index in [0.29, 0.717) is 41.1 Å². The number of nitrogens with one attached hydrogen (secondary N) is 3. The van der Waals surface area contributed by atoms with E-state index >= 15 is 0 Å². The van der Waals surface area contributed by atoms with Gasteiger partial charge in [0.25, 0.3) is 0 Å². The summed E-state index contributed by atoms with van der Waals surface area (Å²) < 4.78 is 0. The molecule has 8 nitrogen and oxygen atoms in total. The van der Waals surface area contributed by atoms with Gasteiger partial charge in [-0.05, 0) is 36.4 Å². The lowest BCUT2D eigenvalue weighted by molar-refractivity contribution is 0.251. The molecular weight excluding hydrogens is 499 g/mol. The van der Waals surface area contributed by atoms with Gasteiger partial charge in [-0.3, -0.25) is 4.99 Å². The van der Waals surface area contributed by atoms with E-state index < -0.39 is 0 Å². The van der Waals surface area contributed by atoms with Gasteiger partial charge in [0.2, 0.25) is 6.08 Å². The lowest BCUT2D eigenvalue weighted by Gasteiger charge is -2.21. The number of isocyanates is 1. The number of halogens is 2. The third-order valence-corrected chi connectivity index (χ3v) is 5.68. The van der Waals surface area contributed by atoms with Gasteiger partial charge in [0.15, 0.2) is 0 Å². The molecule has 3 aromatic rings. The number of carbonyl (C=O) groups excluding carboxylic acids is 2. The van der Waals surface area contributed by atoms with Gasteiger partial charge in [0.05, 0.1) is 34.5 Å². The predicted octanol–water partition coefficient (Wildman–Crippen LogP) is 5.60. The Bertz CT molecular complexity index is 1180. The molecule has 0 atom stereocenters. The van der Waals surface area contributed by atoms with Crippen LogP contribution in [0.25, 0.3) is 0 Å². The number of amides is 2. The molecule has 0 spiro atoms. The summed E-state index contributed by atoms with van der Waals surface area (Å²) in [4.78, 5) is 31.7. The van der Waals surface area contributed by atoms with E-state index in [9.17, 15) is 9.59 Å². The number of carbonyl (C=O) groups is 1. The highest BCUT2D eigenvalue weighted by molar-refractivity contribution is 6.39. The summed E-state index contributed by atoms with van der Waals surface area (Å²) in [6.45, 7) is 3.29. The van der Waals surface area contributed by atoms with Crippen LogP contribution in [0.3, 0.4) is 0 Å². The zero-order chi connectivity index (χ0) is 25.6. The van der Waals surface area contributed by atoms with Crippen molar-refractivity contribution in [1.29, 1.82) is 0 Å². The number of aliphatic imine (C=N–C) groups is 2. The largest absolute Gasteiger partial charge is 0.375 e. The van der Waals surface area contributed by atoms with Gasteiger partial charge in [-0.1, -0.05) is 65.7 Å². The van der Waals surface area contributed by atoms with Crippen molar-refractivity contribution in [3.63, 3.8) is 0 Å². The third kappa shape index (κ3) is 8.74. The quantitative estimate of drug-likeness (QED) is 0.264. The average Bonchev–Trinajstić information content (AvgIpc) is 3.33. The second kappa shape index (κ2) is 14.5. The molecule has 0 saturated carbocycles.